The standard InChI is InChI=1S/C25H26N2O2/c1-2-29-24-15-9-8-14-23(24)26-25(28)18-27-16-20-12-6-7-13-21(20)22(17-27)19-10-4-3-5-11-19/h3-15,22H,2,16-18H2,1H3,(H,26,28). The molecule has 1 aliphatic heterocycles. The molecule has 4 nitrogen and oxygen atoms in total. The second kappa shape index (κ2) is 8.93. The molecular formula is C25H26N2O2. The summed E-state index contributed by atoms with van der Waals surface area (Å²) in [6.45, 7) is 4.45. The van der Waals surface area contributed by atoms with Crippen LogP contribution in [0, 0.1) is 0 Å². The molecule has 0 spiro atoms. The third-order valence-electron chi connectivity index (χ3n) is 5.30. The van der Waals surface area contributed by atoms with Crippen molar-refractivity contribution < 1.29 is 9.53 Å². The van der Waals surface area contributed by atoms with Crippen molar-refractivity contribution in [1.29, 1.82) is 0 Å². The number of ether oxygens (including phenoxy) is 1. The Hall–Kier alpha value is -3.11. The van der Waals surface area contributed by atoms with Crippen molar-refractivity contribution in [2.75, 3.05) is 25.0 Å². The number of benzene rings is 3. The number of nitrogens with one attached hydrogen (secondary N) is 1. The van der Waals surface area contributed by atoms with Crippen LogP contribution in [0.4, 0.5) is 5.69 Å². The maximum atomic E-state index is 12.8. The van der Waals surface area contributed by atoms with Crippen LogP contribution in [0.25, 0.3) is 0 Å². The third kappa shape index (κ3) is 4.49. The van der Waals surface area contributed by atoms with Crippen molar-refractivity contribution in [3.8, 4) is 5.75 Å². The van der Waals surface area contributed by atoms with E-state index < -0.39 is 0 Å². The van der Waals surface area contributed by atoms with Gasteiger partial charge in [-0.05, 0) is 35.7 Å². The predicted molar refractivity (Wildman–Crippen MR) is 116 cm³/mol. The molecule has 3 aromatic rings. The van der Waals surface area contributed by atoms with Crippen LogP contribution in [0.1, 0.15) is 29.5 Å². The first-order chi connectivity index (χ1) is 14.2. The van der Waals surface area contributed by atoms with Crippen LogP contribution in [0.5, 0.6) is 5.75 Å². The maximum absolute atomic E-state index is 12.8. The molecule has 4 rings (SSSR count). The summed E-state index contributed by atoms with van der Waals surface area (Å²) in [6, 6.07) is 26.7. The zero-order valence-electron chi connectivity index (χ0n) is 16.7. The molecule has 0 radical (unpaired) electrons. The molecule has 1 atom stereocenters. The van der Waals surface area contributed by atoms with Gasteiger partial charge in [-0.15, -0.1) is 0 Å². The smallest absolute Gasteiger partial charge is 0.238 e. The van der Waals surface area contributed by atoms with E-state index in [-0.39, 0.29) is 11.8 Å². The lowest BCUT2D eigenvalue weighted by atomic mass is 9.84. The fourth-order valence-electron chi connectivity index (χ4n) is 4.01. The van der Waals surface area contributed by atoms with Crippen LogP contribution in [-0.4, -0.2) is 30.5 Å². The Bertz CT molecular complexity index is 971. The average Bonchev–Trinajstić information content (AvgIpc) is 2.75. The quantitative estimate of drug-likeness (QED) is 0.669. The number of anilines is 1. The number of fused-ring (bicyclic) bond motifs is 1. The summed E-state index contributed by atoms with van der Waals surface area (Å²) in [4.78, 5) is 15.0. The fraction of sp³-hybridized carbons (Fsp3) is 0.240. The van der Waals surface area contributed by atoms with E-state index in [0.29, 0.717) is 18.9 Å². The molecule has 1 unspecified atom stereocenters. The molecule has 1 amide bonds. The molecule has 1 N–H and O–H groups in total. The van der Waals surface area contributed by atoms with Gasteiger partial charge < -0.3 is 10.1 Å². The minimum atomic E-state index is -0.0247. The van der Waals surface area contributed by atoms with E-state index in [4.69, 9.17) is 4.74 Å². The molecule has 0 saturated heterocycles. The van der Waals surface area contributed by atoms with E-state index in [1.165, 1.54) is 16.7 Å². The second-order valence-corrected chi connectivity index (χ2v) is 7.31. The van der Waals surface area contributed by atoms with Crippen LogP contribution >= 0.6 is 0 Å². The van der Waals surface area contributed by atoms with Crippen molar-refractivity contribution in [3.05, 3.63) is 95.6 Å². The monoisotopic (exact) mass is 386 g/mol. The fourth-order valence-corrected chi connectivity index (χ4v) is 4.01. The van der Waals surface area contributed by atoms with Gasteiger partial charge in [0, 0.05) is 19.0 Å². The van der Waals surface area contributed by atoms with Crippen LogP contribution in [0.3, 0.4) is 0 Å². The van der Waals surface area contributed by atoms with Crippen molar-refractivity contribution >= 4 is 11.6 Å². The Morgan fingerprint density at radius 2 is 1.72 bits per heavy atom. The van der Waals surface area contributed by atoms with Crippen LogP contribution in [0.15, 0.2) is 78.9 Å². The number of para-hydroxylation sites is 2. The van der Waals surface area contributed by atoms with Crippen LogP contribution in [0.2, 0.25) is 0 Å². The highest BCUT2D eigenvalue weighted by atomic mass is 16.5. The highest BCUT2D eigenvalue weighted by Crippen LogP contribution is 2.33. The van der Waals surface area contributed by atoms with Gasteiger partial charge in [0.25, 0.3) is 0 Å². The van der Waals surface area contributed by atoms with Gasteiger partial charge >= 0.3 is 0 Å². The van der Waals surface area contributed by atoms with Gasteiger partial charge in [-0.25, -0.2) is 0 Å². The topological polar surface area (TPSA) is 41.6 Å². The minimum absolute atomic E-state index is 0.0247. The SMILES string of the molecule is CCOc1ccccc1NC(=O)CN1Cc2ccccc2C(c2ccccc2)C1. The van der Waals surface area contributed by atoms with Gasteiger partial charge in [0.05, 0.1) is 18.8 Å². The van der Waals surface area contributed by atoms with Crippen LogP contribution in [-0.2, 0) is 11.3 Å². The number of hydrogen-bond donors (Lipinski definition) is 1. The van der Waals surface area contributed by atoms with Crippen molar-refractivity contribution in [2.24, 2.45) is 0 Å². The van der Waals surface area contributed by atoms with E-state index in [9.17, 15) is 4.79 Å². The molecule has 1 heterocycles. The van der Waals surface area contributed by atoms with Crippen LogP contribution < -0.4 is 10.1 Å². The number of hydrogen-bond acceptors (Lipinski definition) is 3. The average molecular weight is 386 g/mol. The number of carbonyl (C=O) groups is 1. The predicted octanol–water partition coefficient (Wildman–Crippen LogP) is 4.67. The molecule has 0 saturated carbocycles. The zero-order valence-corrected chi connectivity index (χ0v) is 16.7. The molecule has 0 aromatic heterocycles. The largest absolute Gasteiger partial charge is 0.492 e. The first-order valence-electron chi connectivity index (χ1n) is 10.1. The van der Waals surface area contributed by atoms with Gasteiger partial charge in [-0.1, -0.05) is 66.7 Å². The Balaban J connectivity index is 1.50. The molecule has 0 fully saturated rings. The summed E-state index contributed by atoms with van der Waals surface area (Å²) in [5.74, 6) is 0.947. The van der Waals surface area contributed by atoms with Crippen molar-refractivity contribution in [3.63, 3.8) is 0 Å². The van der Waals surface area contributed by atoms with Gasteiger partial charge in [-0.3, -0.25) is 9.69 Å². The van der Waals surface area contributed by atoms with Gasteiger partial charge in [-0.2, -0.15) is 0 Å². The van der Waals surface area contributed by atoms with Gasteiger partial charge in [0.2, 0.25) is 5.91 Å². The molecule has 0 bridgehead atoms. The van der Waals surface area contributed by atoms with E-state index in [1.54, 1.807) is 0 Å². The summed E-state index contributed by atoms with van der Waals surface area (Å²) in [5, 5.41) is 3.02. The summed E-state index contributed by atoms with van der Waals surface area (Å²) >= 11 is 0. The molecule has 148 valence electrons. The molecule has 4 heteroatoms. The van der Waals surface area contributed by atoms with Gasteiger partial charge in [0.1, 0.15) is 5.75 Å². The van der Waals surface area contributed by atoms with Crippen molar-refractivity contribution in [1.82, 2.24) is 4.90 Å². The van der Waals surface area contributed by atoms with E-state index in [0.717, 1.165) is 18.8 Å². The van der Waals surface area contributed by atoms with Gasteiger partial charge in [0.15, 0.2) is 0 Å². The molecule has 0 aliphatic carbocycles. The highest BCUT2D eigenvalue weighted by molar-refractivity contribution is 5.93. The number of rotatable bonds is 6. The summed E-state index contributed by atoms with van der Waals surface area (Å²) in [5.41, 5.74) is 4.65. The Labute approximate surface area is 172 Å². The second-order valence-electron chi connectivity index (χ2n) is 7.31. The number of carbonyl (C=O) groups excluding carboxylic acids is 1. The molecule has 1 aliphatic rings. The van der Waals surface area contributed by atoms with E-state index >= 15 is 0 Å². The molecular weight excluding hydrogens is 360 g/mol. The lowest BCUT2D eigenvalue weighted by molar-refractivity contribution is -0.117. The summed E-state index contributed by atoms with van der Waals surface area (Å²) < 4.78 is 5.62. The Kier molecular flexibility index (Phi) is 5.92. The normalized spacial score (nSPS) is 16.1. The number of nitrogens with zero attached hydrogens (tertiary/aromatic N) is 1. The van der Waals surface area contributed by atoms with E-state index in [2.05, 4.69) is 58.7 Å². The molecule has 29 heavy (non-hydrogen) atoms. The maximum Gasteiger partial charge on any atom is 0.238 e. The summed E-state index contributed by atoms with van der Waals surface area (Å²) in [7, 11) is 0. The van der Waals surface area contributed by atoms with E-state index in [1.807, 2.05) is 37.3 Å². The lowest BCUT2D eigenvalue weighted by Crippen LogP contribution is -2.39. The lowest BCUT2D eigenvalue weighted by Gasteiger charge is -2.34. The third-order valence-corrected chi connectivity index (χ3v) is 5.30. The molecule has 3 aromatic carbocycles. The highest BCUT2D eigenvalue weighted by Gasteiger charge is 2.27. The summed E-state index contributed by atoms with van der Waals surface area (Å²) in [6.07, 6.45) is 0. The van der Waals surface area contributed by atoms with Crippen molar-refractivity contribution in [2.45, 2.75) is 19.4 Å². The first-order valence-corrected chi connectivity index (χ1v) is 10.1. The zero-order chi connectivity index (χ0) is 20.1. The Morgan fingerprint density at radius 1 is 1.00 bits per heavy atom. The first kappa shape index (κ1) is 19.2. The Morgan fingerprint density at radius 3 is 2.55 bits per heavy atom. The minimum Gasteiger partial charge on any atom is -0.492 e. The number of amides is 1.